The maximum absolute atomic E-state index is 8.86. The van der Waals surface area contributed by atoms with E-state index < -0.39 is 0 Å². The summed E-state index contributed by atoms with van der Waals surface area (Å²) in [6, 6.07) is 2.23. The quantitative estimate of drug-likeness (QED) is 0.795. The minimum Gasteiger partial charge on any atom is -0.346 e. The predicted octanol–water partition coefficient (Wildman–Crippen LogP) is 2.55. The Kier molecular flexibility index (Phi) is 3.70. The maximum atomic E-state index is 8.86. The van der Waals surface area contributed by atoms with Crippen LogP contribution in [-0.2, 0) is 12.8 Å². The molecule has 0 amide bonds. The first-order valence-electron chi connectivity index (χ1n) is 5.20. The first-order chi connectivity index (χ1) is 6.72. The minimum atomic E-state index is -0.104. The van der Waals surface area contributed by atoms with Gasteiger partial charge in [0.2, 0.25) is 0 Å². The lowest BCUT2D eigenvalue weighted by Gasteiger charge is -2.01. The zero-order valence-corrected chi connectivity index (χ0v) is 9.09. The van der Waals surface area contributed by atoms with Crippen LogP contribution in [0, 0.1) is 11.3 Å². The van der Waals surface area contributed by atoms with Crippen molar-refractivity contribution in [2.24, 2.45) is 0 Å². The monoisotopic (exact) mass is 191 g/mol. The van der Waals surface area contributed by atoms with Gasteiger partial charge in [-0.25, -0.2) is 4.98 Å². The van der Waals surface area contributed by atoms with Gasteiger partial charge in [-0.15, -0.1) is 0 Å². The second-order valence-electron chi connectivity index (χ2n) is 3.50. The molecule has 14 heavy (non-hydrogen) atoms. The van der Waals surface area contributed by atoms with E-state index in [-0.39, 0.29) is 5.92 Å². The summed E-state index contributed by atoms with van der Waals surface area (Å²) in [6.07, 6.45) is 2.96. The first kappa shape index (κ1) is 10.8. The van der Waals surface area contributed by atoms with Crippen molar-refractivity contribution in [1.29, 1.82) is 5.26 Å². The molecular weight excluding hydrogens is 174 g/mol. The van der Waals surface area contributed by atoms with Crippen LogP contribution in [0.2, 0.25) is 0 Å². The lowest BCUT2D eigenvalue weighted by atomic mass is 10.1. The molecule has 0 aliphatic rings. The van der Waals surface area contributed by atoms with E-state index in [1.54, 1.807) is 0 Å². The molecule has 1 unspecified atom stereocenters. The van der Waals surface area contributed by atoms with Gasteiger partial charge in [0.1, 0.15) is 5.82 Å². The lowest BCUT2D eigenvalue weighted by Crippen LogP contribution is -1.96. The molecule has 0 aliphatic heterocycles. The second-order valence-corrected chi connectivity index (χ2v) is 3.50. The molecule has 3 heteroatoms. The normalized spacial score (nSPS) is 12.4. The van der Waals surface area contributed by atoms with Gasteiger partial charge in [-0.05, 0) is 13.3 Å². The van der Waals surface area contributed by atoms with Gasteiger partial charge in [-0.3, -0.25) is 0 Å². The summed E-state index contributed by atoms with van der Waals surface area (Å²) >= 11 is 0. The van der Waals surface area contributed by atoms with Crippen molar-refractivity contribution in [3.63, 3.8) is 0 Å². The van der Waals surface area contributed by atoms with E-state index in [0.717, 1.165) is 36.5 Å². The highest BCUT2D eigenvalue weighted by molar-refractivity contribution is 5.23. The van der Waals surface area contributed by atoms with Gasteiger partial charge < -0.3 is 4.98 Å². The highest BCUT2D eigenvalue weighted by atomic mass is 14.9. The van der Waals surface area contributed by atoms with Gasteiger partial charge >= 0.3 is 0 Å². The van der Waals surface area contributed by atoms with E-state index in [2.05, 4.69) is 29.9 Å². The molecule has 1 N–H and O–H groups in total. The molecule has 76 valence electrons. The van der Waals surface area contributed by atoms with Crippen LogP contribution in [-0.4, -0.2) is 9.97 Å². The minimum absolute atomic E-state index is 0.104. The van der Waals surface area contributed by atoms with E-state index >= 15 is 0 Å². The van der Waals surface area contributed by atoms with Crippen molar-refractivity contribution >= 4 is 0 Å². The van der Waals surface area contributed by atoms with Crippen LogP contribution in [0.1, 0.15) is 50.3 Å². The van der Waals surface area contributed by atoms with E-state index in [9.17, 15) is 0 Å². The van der Waals surface area contributed by atoms with Gasteiger partial charge in [0, 0.05) is 12.1 Å². The maximum Gasteiger partial charge on any atom is 0.106 e. The average Bonchev–Trinajstić information content (AvgIpc) is 2.61. The molecule has 0 aliphatic carbocycles. The summed E-state index contributed by atoms with van der Waals surface area (Å²) in [4.78, 5) is 7.73. The first-order valence-corrected chi connectivity index (χ1v) is 5.20. The van der Waals surface area contributed by atoms with Crippen LogP contribution < -0.4 is 0 Å². The molecule has 0 spiro atoms. The van der Waals surface area contributed by atoms with Crippen LogP contribution in [0.25, 0.3) is 0 Å². The van der Waals surface area contributed by atoms with Gasteiger partial charge in [-0.1, -0.05) is 20.3 Å². The highest BCUT2D eigenvalue weighted by Gasteiger charge is 2.14. The molecule has 1 aromatic rings. The van der Waals surface area contributed by atoms with Crippen molar-refractivity contribution in [2.45, 2.75) is 46.0 Å². The van der Waals surface area contributed by atoms with Crippen molar-refractivity contribution in [1.82, 2.24) is 9.97 Å². The third-order valence-corrected chi connectivity index (χ3v) is 2.30. The summed E-state index contributed by atoms with van der Waals surface area (Å²) in [5, 5.41) is 8.86. The van der Waals surface area contributed by atoms with Gasteiger partial charge in [-0.2, -0.15) is 5.26 Å². The molecule has 0 radical (unpaired) electrons. The van der Waals surface area contributed by atoms with Crippen LogP contribution in [0.3, 0.4) is 0 Å². The Morgan fingerprint density at radius 2 is 2.21 bits per heavy atom. The second kappa shape index (κ2) is 4.80. The highest BCUT2D eigenvalue weighted by Crippen LogP contribution is 2.18. The molecule has 1 rings (SSSR count). The third-order valence-electron chi connectivity index (χ3n) is 2.30. The molecule has 0 saturated carbocycles. The number of hydrogen-bond acceptors (Lipinski definition) is 2. The van der Waals surface area contributed by atoms with Crippen LogP contribution in [0.4, 0.5) is 0 Å². The summed E-state index contributed by atoms with van der Waals surface area (Å²) in [5.74, 6) is 0.888. The Hall–Kier alpha value is -1.30. The van der Waals surface area contributed by atoms with E-state index in [1.807, 2.05) is 6.92 Å². The molecular formula is C11H17N3. The number of imidazole rings is 1. The Morgan fingerprint density at radius 1 is 1.50 bits per heavy atom. The topological polar surface area (TPSA) is 52.5 Å². The number of nitriles is 1. The Morgan fingerprint density at radius 3 is 2.71 bits per heavy atom. The predicted molar refractivity (Wildman–Crippen MR) is 56.0 cm³/mol. The fraction of sp³-hybridized carbons (Fsp3) is 0.636. The average molecular weight is 191 g/mol. The smallest absolute Gasteiger partial charge is 0.106 e. The fourth-order valence-electron chi connectivity index (χ4n) is 1.51. The van der Waals surface area contributed by atoms with E-state index in [1.165, 1.54) is 0 Å². The number of aryl methyl sites for hydroxylation is 2. The fourth-order valence-corrected chi connectivity index (χ4v) is 1.51. The summed E-state index contributed by atoms with van der Waals surface area (Å²) in [6.45, 7) is 6.09. The number of nitrogens with one attached hydrogen (secondary N) is 1. The van der Waals surface area contributed by atoms with Gasteiger partial charge in [0.15, 0.2) is 0 Å². The zero-order valence-electron chi connectivity index (χ0n) is 9.09. The Labute approximate surface area is 85.2 Å². The van der Waals surface area contributed by atoms with E-state index in [0.29, 0.717) is 0 Å². The Balaban J connectivity index is 3.00. The summed E-state index contributed by atoms with van der Waals surface area (Å²) in [7, 11) is 0. The number of aromatic amines is 1. The van der Waals surface area contributed by atoms with Crippen molar-refractivity contribution in [3.8, 4) is 6.07 Å². The van der Waals surface area contributed by atoms with Crippen LogP contribution >= 0.6 is 0 Å². The standard InChI is InChI=1S/C11H17N3/c1-4-6-9-11(8(3)7-12)14-10(5-2)13-9/h8H,4-6H2,1-3H3,(H,13,14). The molecule has 0 aromatic carbocycles. The molecule has 0 saturated heterocycles. The van der Waals surface area contributed by atoms with Crippen molar-refractivity contribution < 1.29 is 0 Å². The van der Waals surface area contributed by atoms with Gasteiger partial charge in [0.05, 0.1) is 17.7 Å². The number of hydrogen-bond donors (Lipinski definition) is 1. The molecule has 1 heterocycles. The SMILES string of the molecule is CCCc1[nH]c(CC)nc1C(C)C#N. The largest absolute Gasteiger partial charge is 0.346 e. The molecule has 0 fully saturated rings. The number of nitrogens with zero attached hydrogens (tertiary/aromatic N) is 2. The summed E-state index contributed by atoms with van der Waals surface area (Å²) < 4.78 is 0. The third kappa shape index (κ3) is 2.14. The summed E-state index contributed by atoms with van der Waals surface area (Å²) in [5.41, 5.74) is 2.07. The van der Waals surface area contributed by atoms with Crippen LogP contribution in [0.5, 0.6) is 0 Å². The van der Waals surface area contributed by atoms with Crippen LogP contribution in [0.15, 0.2) is 0 Å². The zero-order chi connectivity index (χ0) is 10.6. The van der Waals surface area contributed by atoms with Crippen molar-refractivity contribution in [2.75, 3.05) is 0 Å². The number of aromatic nitrogens is 2. The number of H-pyrrole nitrogens is 1. The van der Waals surface area contributed by atoms with Crippen molar-refractivity contribution in [3.05, 3.63) is 17.2 Å². The van der Waals surface area contributed by atoms with Gasteiger partial charge in [0.25, 0.3) is 0 Å². The van der Waals surface area contributed by atoms with E-state index in [4.69, 9.17) is 5.26 Å². The number of rotatable bonds is 4. The molecule has 1 aromatic heterocycles. The Bertz CT molecular complexity index is 333. The lowest BCUT2D eigenvalue weighted by molar-refractivity contribution is 0.841. The molecule has 0 bridgehead atoms. The molecule has 3 nitrogen and oxygen atoms in total. The molecule has 1 atom stereocenters.